The maximum absolute atomic E-state index is 12.7. The minimum atomic E-state index is -4.66. The Morgan fingerprint density at radius 1 is 1.42 bits per heavy atom. The van der Waals surface area contributed by atoms with Crippen molar-refractivity contribution in [3.8, 4) is 0 Å². The smallest absolute Gasteiger partial charge is 0.436 e. The molecule has 0 spiro atoms. The number of ether oxygens (including phenoxy) is 1. The number of hydrogen-bond donors (Lipinski definition) is 1. The molecule has 1 aromatic rings. The lowest BCUT2D eigenvalue weighted by molar-refractivity contribution is -0.141. The minimum Gasteiger partial charge on any atom is -0.463 e. The summed E-state index contributed by atoms with van der Waals surface area (Å²) in [7, 11) is 0. The third-order valence-corrected chi connectivity index (χ3v) is 3.36. The van der Waals surface area contributed by atoms with Gasteiger partial charge in [-0.05, 0) is 20.8 Å². The molecule has 1 N–H and O–H groups in total. The van der Waals surface area contributed by atoms with Crippen LogP contribution in [0.3, 0.4) is 0 Å². The molecular weight excluding hydrogens is 351 g/mol. The van der Waals surface area contributed by atoms with Gasteiger partial charge in [-0.3, -0.25) is 9.48 Å². The fraction of sp³-hybridized carbons (Fsp3) is 0.500. The number of aryl methyl sites for hydroxylation is 1. The Kier molecular flexibility index (Phi) is 6.82. The van der Waals surface area contributed by atoms with Gasteiger partial charge in [0.05, 0.1) is 23.9 Å². The maximum atomic E-state index is 12.7. The molecule has 0 fully saturated rings. The second-order valence-corrected chi connectivity index (χ2v) is 5.22. The second kappa shape index (κ2) is 8.18. The third kappa shape index (κ3) is 5.55. The Balaban J connectivity index is 2.67. The van der Waals surface area contributed by atoms with Crippen LogP contribution in [-0.4, -0.2) is 28.3 Å². The van der Waals surface area contributed by atoms with Crippen LogP contribution in [-0.2, 0) is 27.0 Å². The summed E-state index contributed by atoms with van der Waals surface area (Å²) in [4.78, 5) is 23.0. The number of carbonyl (C=O) groups excluding carboxylic acids is 2. The number of hydrogen-bond acceptors (Lipinski definition) is 4. The van der Waals surface area contributed by atoms with Gasteiger partial charge < -0.3 is 10.1 Å². The molecule has 6 nitrogen and oxygen atoms in total. The number of carbonyl (C=O) groups is 2. The van der Waals surface area contributed by atoms with Crippen molar-refractivity contribution >= 4 is 23.5 Å². The molecule has 0 unspecified atom stereocenters. The molecule has 1 heterocycles. The van der Waals surface area contributed by atoms with Gasteiger partial charge in [0, 0.05) is 18.2 Å². The van der Waals surface area contributed by atoms with Crippen molar-refractivity contribution in [2.45, 2.75) is 39.9 Å². The van der Waals surface area contributed by atoms with Crippen LogP contribution in [0.4, 0.5) is 13.2 Å². The summed E-state index contributed by atoms with van der Waals surface area (Å²) in [5, 5.41) is 5.35. The predicted molar refractivity (Wildman–Crippen MR) is 80.1 cm³/mol. The molecule has 1 amide bonds. The van der Waals surface area contributed by atoms with E-state index in [1.165, 1.54) is 13.8 Å². The molecule has 1 aromatic heterocycles. The molecule has 0 bridgehead atoms. The van der Waals surface area contributed by atoms with Crippen molar-refractivity contribution in [3.05, 3.63) is 28.2 Å². The summed E-state index contributed by atoms with van der Waals surface area (Å²) in [5.74, 6) is -1.08. The van der Waals surface area contributed by atoms with Crippen LogP contribution in [0.2, 0.25) is 5.02 Å². The van der Waals surface area contributed by atoms with Gasteiger partial charge in [0.15, 0.2) is 5.69 Å². The number of nitrogens with one attached hydrogen (secondary N) is 1. The van der Waals surface area contributed by atoms with E-state index in [1.807, 2.05) is 0 Å². The highest BCUT2D eigenvalue weighted by Crippen LogP contribution is 2.35. The van der Waals surface area contributed by atoms with Gasteiger partial charge in [-0.25, -0.2) is 4.79 Å². The highest BCUT2D eigenvalue weighted by molar-refractivity contribution is 6.31. The molecule has 1 rings (SSSR count). The van der Waals surface area contributed by atoms with E-state index >= 15 is 0 Å². The summed E-state index contributed by atoms with van der Waals surface area (Å²) >= 11 is 5.62. The Labute approximate surface area is 141 Å². The molecule has 24 heavy (non-hydrogen) atoms. The molecule has 0 atom stereocenters. The van der Waals surface area contributed by atoms with Crippen LogP contribution >= 0.6 is 11.6 Å². The summed E-state index contributed by atoms with van der Waals surface area (Å²) in [5.41, 5.74) is -0.791. The summed E-state index contributed by atoms with van der Waals surface area (Å²) in [6, 6.07) is 0. The second-order valence-electron chi connectivity index (χ2n) is 4.85. The van der Waals surface area contributed by atoms with Crippen molar-refractivity contribution in [2.75, 3.05) is 6.61 Å². The number of allylic oxidation sites excluding steroid dienone is 1. The fourth-order valence-corrected chi connectivity index (χ4v) is 2.05. The molecule has 134 valence electrons. The van der Waals surface area contributed by atoms with Gasteiger partial charge in [-0.15, -0.1) is 0 Å². The Bertz CT molecular complexity index is 654. The van der Waals surface area contributed by atoms with Crippen LogP contribution in [0.5, 0.6) is 0 Å². The monoisotopic (exact) mass is 367 g/mol. The summed E-state index contributed by atoms with van der Waals surface area (Å²) < 4.78 is 43.8. The van der Waals surface area contributed by atoms with Crippen molar-refractivity contribution < 1.29 is 27.5 Å². The third-order valence-electron chi connectivity index (χ3n) is 2.91. The van der Waals surface area contributed by atoms with Crippen LogP contribution in [0.15, 0.2) is 11.8 Å². The van der Waals surface area contributed by atoms with Crippen molar-refractivity contribution in [2.24, 2.45) is 0 Å². The number of halogens is 4. The first-order chi connectivity index (χ1) is 11.1. The number of rotatable bonds is 6. The maximum Gasteiger partial charge on any atom is 0.436 e. The first-order valence-corrected chi connectivity index (χ1v) is 7.39. The molecule has 0 saturated heterocycles. The van der Waals surface area contributed by atoms with Crippen molar-refractivity contribution in [3.63, 3.8) is 0 Å². The highest BCUT2D eigenvalue weighted by Gasteiger charge is 2.38. The Morgan fingerprint density at radius 2 is 2.04 bits per heavy atom. The normalized spacial score (nSPS) is 12.2. The topological polar surface area (TPSA) is 73.2 Å². The van der Waals surface area contributed by atoms with E-state index in [4.69, 9.17) is 11.6 Å². The average molecular weight is 368 g/mol. The molecule has 0 aliphatic heterocycles. The lowest BCUT2D eigenvalue weighted by atomic mass is 10.3. The van der Waals surface area contributed by atoms with Gasteiger partial charge in [0.2, 0.25) is 5.91 Å². The highest BCUT2D eigenvalue weighted by atomic mass is 35.5. The SMILES string of the molecule is CCOC(=O)/C=C(\C)NC(=O)CCn1nc(C(F)(F)F)c(Cl)c1C. The number of alkyl halides is 3. The van der Waals surface area contributed by atoms with E-state index < -0.39 is 28.8 Å². The molecule has 0 aliphatic rings. The van der Waals surface area contributed by atoms with Crippen LogP contribution in [0.25, 0.3) is 0 Å². The molecule has 0 radical (unpaired) electrons. The molecule has 0 aliphatic carbocycles. The number of aromatic nitrogens is 2. The zero-order chi connectivity index (χ0) is 18.5. The van der Waals surface area contributed by atoms with Gasteiger partial charge in [-0.2, -0.15) is 18.3 Å². The first-order valence-electron chi connectivity index (χ1n) is 7.01. The van der Waals surface area contributed by atoms with Gasteiger partial charge in [0.1, 0.15) is 0 Å². The van der Waals surface area contributed by atoms with Crippen LogP contribution < -0.4 is 5.32 Å². The zero-order valence-electron chi connectivity index (χ0n) is 13.3. The van der Waals surface area contributed by atoms with E-state index in [9.17, 15) is 22.8 Å². The summed E-state index contributed by atoms with van der Waals surface area (Å²) in [6.07, 6.45) is -3.68. The van der Waals surface area contributed by atoms with E-state index in [2.05, 4.69) is 15.2 Å². The van der Waals surface area contributed by atoms with Crippen molar-refractivity contribution in [1.29, 1.82) is 0 Å². The lowest BCUT2D eigenvalue weighted by Crippen LogP contribution is -2.24. The molecular formula is C14H17ClF3N3O3. The number of nitrogens with zero attached hydrogens (tertiary/aromatic N) is 2. The van der Waals surface area contributed by atoms with E-state index in [0.29, 0.717) is 0 Å². The van der Waals surface area contributed by atoms with Gasteiger partial charge >= 0.3 is 12.1 Å². The van der Waals surface area contributed by atoms with Gasteiger partial charge in [0.25, 0.3) is 0 Å². The minimum absolute atomic E-state index is 0.0832. The number of esters is 1. The lowest BCUT2D eigenvalue weighted by Gasteiger charge is -2.07. The standard InChI is InChI=1S/C14H17ClF3N3O3/c1-4-24-11(23)7-8(2)19-10(22)5-6-21-9(3)12(15)13(20-21)14(16,17)18/h7H,4-6H2,1-3H3,(H,19,22)/b8-7+. The summed E-state index contributed by atoms with van der Waals surface area (Å²) in [6.45, 7) is 4.64. The van der Waals surface area contributed by atoms with Gasteiger partial charge in [-0.1, -0.05) is 11.6 Å². The van der Waals surface area contributed by atoms with E-state index in [1.54, 1.807) is 6.92 Å². The largest absolute Gasteiger partial charge is 0.463 e. The molecule has 0 aromatic carbocycles. The van der Waals surface area contributed by atoms with Crippen LogP contribution in [0, 0.1) is 6.92 Å². The molecule has 10 heteroatoms. The first kappa shape index (κ1) is 20.0. The van der Waals surface area contributed by atoms with Crippen molar-refractivity contribution in [1.82, 2.24) is 15.1 Å². The predicted octanol–water partition coefficient (Wildman–Crippen LogP) is 2.84. The Hall–Kier alpha value is -2.03. The number of amides is 1. The average Bonchev–Trinajstić information content (AvgIpc) is 2.72. The molecule has 0 saturated carbocycles. The van der Waals surface area contributed by atoms with E-state index in [-0.39, 0.29) is 31.0 Å². The van der Waals surface area contributed by atoms with Crippen LogP contribution in [0.1, 0.15) is 31.7 Å². The fourth-order valence-electron chi connectivity index (χ4n) is 1.81. The zero-order valence-corrected chi connectivity index (χ0v) is 14.1. The quantitative estimate of drug-likeness (QED) is 0.620. The Morgan fingerprint density at radius 3 is 2.54 bits per heavy atom. The van der Waals surface area contributed by atoms with E-state index in [0.717, 1.165) is 10.8 Å².